The second-order valence-electron chi connectivity index (χ2n) is 9.67. The van der Waals surface area contributed by atoms with Gasteiger partial charge in [-0.15, -0.1) is 0 Å². The number of hydrogen-bond donors (Lipinski definition) is 2. The zero-order valence-electron chi connectivity index (χ0n) is 18.4. The Kier molecular flexibility index (Phi) is 10.2. The van der Waals surface area contributed by atoms with E-state index < -0.39 is 17.7 Å². The second-order valence-corrected chi connectivity index (χ2v) is 9.67. The highest BCUT2D eigenvalue weighted by Crippen LogP contribution is 2.27. The van der Waals surface area contributed by atoms with Crippen LogP contribution in [0.5, 0.6) is 0 Å². The molecule has 1 rings (SSSR count). The van der Waals surface area contributed by atoms with E-state index in [1.165, 1.54) is 25.7 Å². The van der Waals surface area contributed by atoms with Crippen LogP contribution in [0, 0.1) is 11.8 Å². The average Bonchev–Trinajstić information content (AvgIpc) is 2.53. The van der Waals surface area contributed by atoms with Gasteiger partial charge < -0.3 is 15.4 Å². The van der Waals surface area contributed by atoms with Crippen LogP contribution in [0.15, 0.2) is 0 Å². The summed E-state index contributed by atoms with van der Waals surface area (Å²) in [5.74, 6) is 1.10. The standard InChI is InChI=1S/C22H42N2O3/c1-16(2)11-10-12-17(3)23-20(25)19(15-18-13-8-7-9-14-18)24-21(26)27-22(4,5)6/h16-19H,7-15H2,1-6H3,(H,23,25)(H,24,26)/t17?,19-/m1/s1. The van der Waals surface area contributed by atoms with Crippen LogP contribution in [0.2, 0.25) is 0 Å². The molecule has 1 unspecified atom stereocenters. The molecule has 27 heavy (non-hydrogen) atoms. The van der Waals surface area contributed by atoms with Gasteiger partial charge in [0.2, 0.25) is 5.91 Å². The van der Waals surface area contributed by atoms with Crippen LogP contribution < -0.4 is 10.6 Å². The minimum atomic E-state index is -0.569. The smallest absolute Gasteiger partial charge is 0.408 e. The summed E-state index contributed by atoms with van der Waals surface area (Å²) in [6.45, 7) is 12.0. The zero-order valence-corrected chi connectivity index (χ0v) is 18.4. The molecule has 2 atom stereocenters. The molecule has 0 heterocycles. The second kappa shape index (κ2) is 11.6. The van der Waals surface area contributed by atoms with E-state index in [2.05, 4.69) is 24.5 Å². The van der Waals surface area contributed by atoms with E-state index in [-0.39, 0.29) is 11.9 Å². The van der Waals surface area contributed by atoms with Gasteiger partial charge in [0.1, 0.15) is 11.6 Å². The molecule has 0 saturated heterocycles. The molecule has 0 aromatic heterocycles. The number of ether oxygens (including phenoxy) is 1. The van der Waals surface area contributed by atoms with Crippen molar-refractivity contribution in [2.75, 3.05) is 0 Å². The van der Waals surface area contributed by atoms with Crippen LogP contribution in [-0.2, 0) is 9.53 Å². The molecule has 0 aliphatic heterocycles. The largest absolute Gasteiger partial charge is 0.444 e. The SMILES string of the molecule is CC(C)CCCC(C)NC(=O)[C@@H](CC1CCCCC1)NC(=O)OC(C)(C)C. The van der Waals surface area contributed by atoms with Gasteiger partial charge in [0.05, 0.1) is 0 Å². The van der Waals surface area contributed by atoms with E-state index in [1.54, 1.807) is 0 Å². The molecule has 0 aromatic rings. The first-order valence-corrected chi connectivity index (χ1v) is 10.9. The highest BCUT2D eigenvalue weighted by Gasteiger charge is 2.28. The number of hydrogen-bond acceptors (Lipinski definition) is 3. The topological polar surface area (TPSA) is 67.4 Å². The normalized spacial score (nSPS) is 18.0. The van der Waals surface area contributed by atoms with Gasteiger partial charge >= 0.3 is 6.09 Å². The van der Waals surface area contributed by atoms with E-state index in [0.29, 0.717) is 18.3 Å². The number of rotatable bonds is 9. The van der Waals surface area contributed by atoms with Crippen LogP contribution in [0.25, 0.3) is 0 Å². The quantitative estimate of drug-likeness (QED) is 0.577. The molecule has 158 valence electrons. The number of carbonyl (C=O) groups excluding carboxylic acids is 2. The van der Waals surface area contributed by atoms with Crippen molar-refractivity contribution in [3.05, 3.63) is 0 Å². The third-order valence-corrected chi connectivity index (χ3v) is 5.11. The van der Waals surface area contributed by atoms with Gasteiger partial charge in [-0.25, -0.2) is 4.79 Å². The maximum Gasteiger partial charge on any atom is 0.408 e. The summed E-state index contributed by atoms with van der Waals surface area (Å²) in [6.07, 6.45) is 9.43. The highest BCUT2D eigenvalue weighted by molar-refractivity contribution is 5.85. The molecule has 0 bridgehead atoms. The highest BCUT2D eigenvalue weighted by atomic mass is 16.6. The average molecular weight is 383 g/mol. The predicted molar refractivity (Wildman–Crippen MR) is 111 cm³/mol. The summed E-state index contributed by atoms with van der Waals surface area (Å²) >= 11 is 0. The Balaban J connectivity index is 2.61. The Morgan fingerprint density at radius 3 is 2.19 bits per heavy atom. The lowest BCUT2D eigenvalue weighted by atomic mass is 9.84. The van der Waals surface area contributed by atoms with Crippen LogP contribution in [0.3, 0.4) is 0 Å². The van der Waals surface area contributed by atoms with Crippen LogP contribution in [0.1, 0.15) is 99.3 Å². The molecule has 1 fully saturated rings. The molecule has 5 heteroatoms. The van der Waals surface area contributed by atoms with Crippen LogP contribution >= 0.6 is 0 Å². The van der Waals surface area contributed by atoms with Crippen molar-refractivity contribution in [1.29, 1.82) is 0 Å². The van der Waals surface area contributed by atoms with E-state index in [0.717, 1.165) is 25.7 Å². The number of nitrogens with one attached hydrogen (secondary N) is 2. The fraction of sp³-hybridized carbons (Fsp3) is 0.909. The molecule has 0 aromatic carbocycles. The molecule has 2 amide bonds. The fourth-order valence-electron chi connectivity index (χ4n) is 3.69. The first-order chi connectivity index (χ1) is 12.6. The molecule has 0 spiro atoms. The molecular formula is C22H42N2O3. The molecule has 1 aliphatic rings. The molecule has 0 radical (unpaired) electrons. The first-order valence-electron chi connectivity index (χ1n) is 10.9. The summed E-state index contributed by atoms with van der Waals surface area (Å²) in [4.78, 5) is 25.1. The summed E-state index contributed by atoms with van der Waals surface area (Å²) in [5.41, 5.74) is -0.569. The van der Waals surface area contributed by atoms with Crippen molar-refractivity contribution in [3.8, 4) is 0 Å². The Morgan fingerprint density at radius 2 is 1.63 bits per heavy atom. The minimum Gasteiger partial charge on any atom is -0.444 e. The number of carbonyl (C=O) groups is 2. The Morgan fingerprint density at radius 1 is 1.00 bits per heavy atom. The molecule has 2 N–H and O–H groups in total. The molecule has 1 saturated carbocycles. The van der Waals surface area contributed by atoms with Crippen molar-refractivity contribution < 1.29 is 14.3 Å². The lowest BCUT2D eigenvalue weighted by Gasteiger charge is -2.28. The van der Waals surface area contributed by atoms with Gasteiger partial charge in [-0.05, 0) is 52.4 Å². The van der Waals surface area contributed by atoms with Crippen molar-refractivity contribution in [2.24, 2.45) is 11.8 Å². The maximum absolute atomic E-state index is 12.8. The van der Waals surface area contributed by atoms with Crippen molar-refractivity contribution in [3.63, 3.8) is 0 Å². The van der Waals surface area contributed by atoms with E-state index in [4.69, 9.17) is 4.74 Å². The maximum atomic E-state index is 12.8. The fourth-order valence-corrected chi connectivity index (χ4v) is 3.69. The van der Waals surface area contributed by atoms with Gasteiger partial charge in [0.15, 0.2) is 0 Å². The predicted octanol–water partition coefficient (Wildman–Crippen LogP) is 5.18. The number of alkyl carbamates (subject to hydrolysis) is 1. The summed E-state index contributed by atoms with van der Waals surface area (Å²) in [6, 6.07) is -0.402. The van der Waals surface area contributed by atoms with Crippen molar-refractivity contribution >= 4 is 12.0 Å². The lowest BCUT2D eigenvalue weighted by molar-refractivity contribution is -0.124. The van der Waals surface area contributed by atoms with Crippen LogP contribution in [0.4, 0.5) is 4.79 Å². The molecule has 1 aliphatic carbocycles. The van der Waals surface area contributed by atoms with Crippen molar-refractivity contribution in [2.45, 2.75) is 117 Å². The molecular weight excluding hydrogens is 340 g/mol. The summed E-state index contributed by atoms with van der Waals surface area (Å²) in [7, 11) is 0. The minimum absolute atomic E-state index is 0.0801. The first kappa shape index (κ1) is 23.8. The van der Waals surface area contributed by atoms with E-state index >= 15 is 0 Å². The Bertz CT molecular complexity index is 451. The Hall–Kier alpha value is -1.26. The third kappa shape index (κ3) is 11.2. The lowest BCUT2D eigenvalue weighted by Crippen LogP contribution is -2.51. The monoisotopic (exact) mass is 382 g/mol. The van der Waals surface area contributed by atoms with E-state index in [9.17, 15) is 9.59 Å². The van der Waals surface area contributed by atoms with E-state index in [1.807, 2.05) is 27.7 Å². The summed E-state index contributed by atoms with van der Waals surface area (Å²) in [5, 5.41) is 5.93. The van der Waals surface area contributed by atoms with Gasteiger partial charge in [-0.1, -0.05) is 58.8 Å². The van der Waals surface area contributed by atoms with Gasteiger partial charge in [-0.2, -0.15) is 0 Å². The zero-order chi connectivity index (χ0) is 20.4. The third-order valence-electron chi connectivity index (χ3n) is 5.11. The van der Waals surface area contributed by atoms with Crippen LogP contribution in [-0.4, -0.2) is 29.7 Å². The van der Waals surface area contributed by atoms with Crippen molar-refractivity contribution in [1.82, 2.24) is 10.6 Å². The van der Waals surface area contributed by atoms with Gasteiger partial charge in [0.25, 0.3) is 0 Å². The molecule has 5 nitrogen and oxygen atoms in total. The summed E-state index contributed by atoms with van der Waals surface area (Å²) < 4.78 is 5.37. The van der Waals surface area contributed by atoms with Gasteiger partial charge in [-0.3, -0.25) is 4.79 Å². The Labute approximate surface area is 166 Å². The van der Waals surface area contributed by atoms with Gasteiger partial charge in [0, 0.05) is 6.04 Å². The number of amides is 2.